The third-order valence-corrected chi connectivity index (χ3v) is 9.28. The van der Waals surface area contributed by atoms with Crippen LogP contribution in [0, 0.1) is 13.8 Å². The molecule has 0 saturated carbocycles. The van der Waals surface area contributed by atoms with Gasteiger partial charge < -0.3 is 19.4 Å². The van der Waals surface area contributed by atoms with E-state index in [0.29, 0.717) is 48.2 Å². The van der Waals surface area contributed by atoms with Gasteiger partial charge in [-0.25, -0.2) is 19.6 Å². The van der Waals surface area contributed by atoms with E-state index in [1.165, 1.54) is 14.2 Å². The van der Waals surface area contributed by atoms with E-state index >= 15 is 0 Å². The van der Waals surface area contributed by atoms with Gasteiger partial charge in [0.25, 0.3) is 0 Å². The second-order valence-corrected chi connectivity index (χ2v) is 11.4. The van der Waals surface area contributed by atoms with Gasteiger partial charge in [-0.15, -0.1) is 0 Å². The lowest BCUT2D eigenvalue weighted by Gasteiger charge is -2.09. The first-order chi connectivity index (χ1) is 21.1. The molecule has 2 aliphatic rings. The molecule has 3 aromatic heterocycles. The number of nitrogens with one attached hydrogen (secondary N) is 2. The van der Waals surface area contributed by atoms with Crippen molar-refractivity contribution in [1.82, 2.24) is 19.9 Å². The predicted molar refractivity (Wildman–Crippen MR) is 177 cm³/mol. The lowest BCUT2D eigenvalue weighted by Crippen LogP contribution is -2.09. The topological polar surface area (TPSA) is 110 Å². The summed E-state index contributed by atoms with van der Waals surface area (Å²) in [4.78, 5) is 44.5. The SMILES string of the molecule is CCC1=C(C)c2cc3[nH]c(c(CC)c3C)c(C(=O)OC)c3[nH]c(cc4nc(c(C(=O)OC)c1n2)C(CC)=C4C)c(C)c3CC. The predicted octanol–water partition coefficient (Wildman–Crippen LogP) is 8.31. The van der Waals surface area contributed by atoms with Gasteiger partial charge in [-0.3, -0.25) is 0 Å². The Labute approximate surface area is 258 Å². The number of fused-ring (bicyclic) bond motifs is 8. The summed E-state index contributed by atoms with van der Waals surface area (Å²) in [6.07, 6.45) is 2.79. The second kappa shape index (κ2) is 11.9. The molecule has 0 fully saturated rings. The van der Waals surface area contributed by atoms with E-state index in [1.807, 2.05) is 26.0 Å². The maximum absolute atomic E-state index is 13.6. The molecular weight excluding hydrogens is 552 g/mol. The van der Waals surface area contributed by atoms with Crippen LogP contribution in [0.3, 0.4) is 0 Å². The van der Waals surface area contributed by atoms with E-state index in [4.69, 9.17) is 19.4 Å². The zero-order valence-corrected chi connectivity index (χ0v) is 27.5. The Morgan fingerprint density at radius 2 is 1.02 bits per heavy atom. The highest BCUT2D eigenvalue weighted by Crippen LogP contribution is 2.40. The highest BCUT2D eigenvalue weighted by Gasteiger charge is 2.30. The molecule has 8 bridgehead atoms. The van der Waals surface area contributed by atoms with Crippen LogP contribution < -0.4 is 0 Å². The molecule has 5 rings (SSSR count). The second-order valence-electron chi connectivity index (χ2n) is 11.4. The first kappa shape index (κ1) is 31.0. The fraction of sp³-hybridized carbons (Fsp3) is 0.389. The molecule has 230 valence electrons. The summed E-state index contributed by atoms with van der Waals surface area (Å²) in [5.41, 5.74) is 14.8. The Morgan fingerprint density at radius 3 is 1.36 bits per heavy atom. The third-order valence-electron chi connectivity index (χ3n) is 9.28. The van der Waals surface area contributed by atoms with Gasteiger partial charge >= 0.3 is 11.9 Å². The Bertz CT molecular complexity index is 1830. The molecule has 2 N–H and O–H groups in total. The summed E-state index contributed by atoms with van der Waals surface area (Å²) in [5.74, 6) is -0.871. The maximum atomic E-state index is 13.6. The number of carbonyl (C=O) groups excluding carboxylic acids is 2. The Balaban J connectivity index is 2.16. The lowest BCUT2D eigenvalue weighted by atomic mass is 9.96. The smallest absolute Gasteiger partial charge is 0.342 e. The zero-order valence-electron chi connectivity index (χ0n) is 27.5. The number of aromatic nitrogens is 4. The molecule has 0 radical (unpaired) electrons. The number of rotatable bonds is 6. The largest absolute Gasteiger partial charge is 0.465 e. The average Bonchev–Trinajstić information content (AvgIpc) is 3.70. The molecule has 0 spiro atoms. The van der Waals surface area contributed by atoms with Gasteiger partial charge in [0.1, 0.15) is 11.1 Å². The summed E-state index contributed by atoms with van der Waals surface area (Å²) >= 11 is 0. The van der Waals surface area contributed by atoms with Gasteiger partial charge in [-0.2, -0.15) is 0 Å². The number of nitrogens with zero attached hydrogens (tertiary/aromatic N) is 2. The number of allylic oxidation sites excluding steroid dienone is 4. The van der Waals surface area contributed by atoms with Crippen molar-refractivity contribution < 1.29 is 19.1 Å². The molecule has 44 heavy (non-hydrogen) atoms. The van der Waals surface area contributed by atoms with Crippen molar-refractivity contribution >= 4 is 56.3 Å². The monoisotopic (exact) mass is 594 g/mol. The van der Waals surface area contributed by atoms with E-state index in [1.54, 1.807) is 0 Å². The summed E-state index contributed by atoms with van der Waals surface area (Å²) in [5, 5.41) is 0. The third kappa shape index (κ3) is 4.68. The van der Waals surface area contributed by atoms with Crippen LogP contribution in [-0.2, 0) is 22.3 Å². The molecule has 0 aromatic carbocycles. The Morgan fingerprint density at radius 1 is 0.636 bits per heavy atom. The Hall–Kier alpha value is -4.46. The van der Waals surface area contributed by atoms with Crippen molar-refractivity contribution in [3.63, 3.8) is 0 Å². The van der Waals surface area contributed by atoms with Crippen LogP contribution >= 0.6 is 0 Å². The number of carbonyl (C=O) groups is 2. The minimum absolute atomic E-state index is 0.386. The number of methoxy groups -OCH3 is 2. The summed E-state index contributed by atoms with van der Waals surface area (Å²) in [6.45, 7) is 16.5. The number of ether oxygens (including phenoxy) is 2. The Kier molecular flexibility index (Phi) is 8.38. The van der Waals surface area contributed by atoms with Gasteiger partial charge in [0.15, 0.2) is 0 Å². The van der Waals surface area contributed by atoms with Crippen LogP contribution in [0.4, 0.5) is 0 Å². The van der Waals surface area contributed by atoms with Crippen LogP contribution in [0.25, 0.3) is 44.4 Å². The van der Waals surface area contributed by atoms with Crippen LogP contribution in [0.5, 0.6) is 0 Å². The quantitative estimate of drug-likeness (QED) is 0.278. The molecule has 2 aliphatic heterocycles. The van der Waals surface area contributed by atoms with Gasteiger partial charge in [-0.1, -0.05) is 27.7 Å². The number of aryl methyl sites for hydroxylation is 4. The molecule has 0 unspecified atom stereocenters. The normalized spacial score (nSPS) is 13.1. The first-order valence-electron chi connectivity index (χ1n) is 15.4. The van der Waals surface area contributed by atoms with Crippen molar-refractivity contribution in [2.75, 3.05) is 14.2 Å². The molecule has 0 amide bonds. The number of hydrogen-bond acceptors (Lipinski definition) is 6. The van der Waals surface area contributed by atoms with Gasteiger partial charge in [-0.05, 0) is 110 Å². The molecule has 0 aliphatic carbocycles. The molecular formula is C36H42N4O4. The van der Waals surface area contributed by atoms with Gasteiger partial charge in [0.2, 0.25) is 0 Å². The highest BCUT2D eigenvalue weighted by molar-refractivity contribution is 6.08. The fourth-order valence-electron chi connectivity index (χ4n) is 6.79. The minimum atomic E-state index is -0.459. The molecule has 5 heterocycles. The molecule has 0 saturated heterocycles. The van der Waals surface area contributed by atoms with Crippen molar-refractivity contribution in [2.24, 2.45) is 0 Å². The molecule has 3 aromatic rings. The van der Waals surface area contributed by atoms with Crippen molar-refractivity contribution in [3.05, 3.63) is 68.3 Å². The lowest BCUT2D eigenvalue weighted by molar-refractivity contribution is 0.0592. The average molecular weight is 595 g/mol. The van der Waals surface area contributed by atoms with E-state index in [0.717, 1.165) is 78.0 Å². The molecule has 8 heteroatoms. The number of esters is 2. The number of H-pyrrole nitrogens is 2. The van der Waals surface area contributed by atoms with E-state index in [9.17, 15) is 9.59 Å². The van der Waals surface area contributed by atoms with Crippen LogP contribution in [0.1, 0.15) is 120 Å². The summed E-state index contributed by atoms with van der Waals surface area (Å²) in [6, 6.07) is 4.03. The zero-order chi connectivity index (χ0) is 32.0. The van der Waals surface area contributed by atoms with Crippen molar-refractivity contribution in [3.8, 4) is 0 Å². The summed E-state index contributed by atoms with van der Waals surface area (Å²) in [7, 11) is 2.82. The summed E-state index contributed by atoms with van der Waals surface area (Å²) < 4.78 is 10.8. The highest BCUT2D eigenvalue weighted by atomic mass is 16.5. The maximum Gasteiger partial charge on any atom is 0.342 e. The molecule has 8 nitrogen and oxygen atoms in total. The van der Waals surface area contributed by atoms with E-state index < -0.39 is 11.9 Å². The standard InChI is InChI=1S/C36H42N4O4/c1-11-21-17(5)25-15-26-19(7)23(13-3)33(39-26)30(36(42)44-10)34-24(14-4)20(8)28(40-34)16-27-18(6)22(12-2)32(38-27)29(31(21)37-25)35(41)43-9/h15-16,37-38H,11-14H2,1-10H3. The van der Waals surface area contributed by atoms with Gasteiger partial charge in [0, 0.05) is 11.0 Å². The van der Waals surface area contributed by atoms with Crippen molar-refractivity contribution in [2.45, 2.75) is 81.1 Å². The van der Waals surface area contributed by atoms with Crippen LogP contribution in [-0.4, -0.2) is 46.1 Å². The molecule has 0 atom stereocenters. The number of hydrogen-bond donors (Lipinski definition) is 2. The van der Waals surface area contributed by atoms with E-state index in [2.05, 4.69) is 51.5 Å². The van der Waals surface area contributed by atoms with Crippen LogP contribution in [0.2, 0.25) is 0 Å². The van der Waals surface area contributed by atoms with Gasteiger partial charge in [0.05, 0.1) is 48.0 Å². The fourth-order valence-corrected chi connectivity index (χ4v) is 6.79. The first-order valence-corrected chi connectivity index (χ1v) is 15.4. The van der Waals surface area contributed by atoms with E-state index in [-0.39, 0.29) is 0 Å². The van der Waals surface area contributed by atoms with Crippen molar-refractivity contribution in [1.29, 1.82) is 0 Å². The minimum Gasteiger partial charge on any atom is -0.465 e. The van der Waals surface area contributed by atoms with Crippen LogP contribution in [0.15, 0.2) is 12.1 Å². The number of aromatic amines is 2.